The van der Waals surface area contributed by atoms with Crippen molar-refractivity contribution in [2.24, 2.45) is 0 Å². The molecule has 0 saturated carbocycles. The average molecular weight is 222 g/mol. The van der Waals surface area contributed by atoms with Crippen molar-refractivity contribution in [2.45, 2.75) is 33.1 Å². The summed E-state index contributed by atoms with van der Waals surface area (Å²) in [5, 5.41) is 9.89. The van der Waals surface area contributed by atoms with Crippen LogP contribution in [0.4, 0.5) is 0 Å². The summed E-state index contributed by atoms with van der Waals surface area (Å²) in [6.45, 7) is 7.44. The predicted octanol–water partition coefficient (Wildman–Crippen LogP) is 2.90. The molecule has 3 nitrogen and oxygen atoms in total. The van der Waals surface area contributed by atoms with Gasteiger partial charge < -0.3 is 9.84 Å². The van der Waals surface area contributed by atoms with Crippen LogP contribution in [-0.2, 0) is 5.41 Å². The first-order chi connectivity index (χ1) is 7.27. The molecule has 1 N–H and O–H groups in total. The summed E-state index contributed by atoms with van der Waals surface area (Å²) in [4.78, 5) is 11.3. The van der Waals surface area contributed by atoms with Gasteiger partial charge in [-0.05, 0) is 24.5 Å². The molecule has 3 heteroatoms. The second-order valence-corrected chi connectivity index (χ2v) is 4.88. The number of phenols is 1. The minimum Gasteiger partial charge on any atom is -0.508 e. The molecule has 0 aromatic heterocycles. The van der Waals surface area contributed by atoms with Crippen LogP contribution >= 0.6 is 0 Å². The number of benzene rings is 1. The first-order valence-electron chi connectivity index (χ1n) is 5.19. The van der Waals surface area contributed by atoms with Gasteiger partial charge in [-0.25, -0.2) is 0 Å². The lowest BCUT2D eigenvalue weighted by atomic mass is 9.85. The topological polar surface area (TPSA) is 46.5 Å². The van der Waals surface area contributed by atoms with Gasteiger partial charge in [0.05, 0.1) is 12.7 Å². The largest absolute Gasteiger partial charge is 0.508 e. The maximum atomic E-state index is 11.3. The summed E-state index contributed by atoms with van der Waals surface area (Å²) in [6, 6.07) is 3.20. The number of hydrogen-bond acceptors (Lipinski definition) is 3. The van der Waals surface area contributed by atoms with Crippen LogP contribution in [0.3, 0.4) is 0 Å². The fourth-order valence-corrected chi connectivity index (χ4v) is 1.61. The third kappa shape index (κ3) is 2.35. The number of aromatic hydroxyl groups is 1. The predicted molar refractivity (Wildman–Crippen MR) is 63.4 cm³/mol. The van der Waals surface area contributed by atoms with Crippen LogP contribution in [0.25, 0.3) is 0 Å². The highest BCUT2D eigenvalue weighted by molar-refractivity contribution is 5.97. The van der Waals surface area contributed by atoms with Crippen molar-refractivity contribution in [3.8, 4) is 11.5 Å². The molecule has 88 valence electrons. The van der Waals surface area contributed by atoms with Crippen molar-refractivity contribution in [1.29, 1.82) is 0 Å². The Balaban J connectivity index is 3.43. The fraction of sp³-hybridized carbons (Fsp3) is 0.462. The molecule has 0 aliphatic heterocycles. The smallest absolute Gasteiger partial charge is 0.163 e. The summed E-state index contributed by atoms with van der Waals surface area (Å²) in [5.74, 6) is 0.529. The van der Waals surface area contributed by atoms with Crippen LogP contribution in [-0.4, -0.2) is 18.0 Å². The molecule has 0 aliphatic rings. The van der Waals surface area contributed by atoms with Crippen molar-refractivity contribution < 1.29 is 14.6 Å². The van der Waals surface area contributed by atoms with Crippen LogP contribution in [0.5, 0.6) is 11.5 Å². The third-order valence-corrected chi connectivity index (χ3v) is 2.51. The van der Waals surface area contributed by atoms with Gasteiger partial charge in [0.2, 0.25) is 0 Å². The van der Waals surface area contributed by atoms with Crippen molar-refractivity contribution >= 4 is 5.78 Å². The molecule has 1 aromatic carbocycles. The van der Waals surface area contributed by atoms with Crippen molar-refractivity contribution in [3.63, 3.8) is 0 Å². The Morgan fingerprint density at radius 2 is 1.88 bits per heavy atom. The number of methoxy groups -OCH3 is 1. The Labute approximate surface area is 96.1 Å². The Morgan fingerprint density at radius 3 is 2.25 bits per heavy atom. The van der Waals surface area contributed by atoms with Gasteiger partial charge in [-0.1, -0.05) is 20.8 Å². The molecule has 0 amide bonds. The van der Waals surface area contributed by atoms with E-state index < -0.39 is 0 Å². The Bertz CT molecular complexity index is 414. The Morgan fingerprint density at radius 1 is 1.31 bits per heavy atom. The zero-order valence-corrected chi connectivity index (χ0v) is 10.4. The fourth-order valence-electron chi connectivity index (χ4n) is 1.61. The van der Waals surface area contributed by atoms with Gasteiger partial charge in [0.1, 0.15) is 11.5 Å². The van der Waals surface area contributed by atoms with E-state index in [0.717, 1.165) is 5.56 Å². The minimum atomic E-state index is -0.188. The molecule has 0 heterocycles. The number of ketones is 1. The maximum Gasteiger partial charge on any atom is 0.163 e. The number of carbonyl (C=O) groups is 1. The van der Waals surface area contributed by atoms with E-state index >= 15 is 0 Å². The zero-order chi connectivity index (χ0) is 12.5. The average Bonchev–Trinajstić information content (AvgIpc) is 2.15. The van der Waals surface area contributed by atoms with Gasteiger partial charge in [0.15, 0.2) is 5.78 Å². The van der Waals surface area contributed by atoms with Gasteiger partial charge in [-0.3, -0.25) is 4.79 Å². The van der Waals surface area contributed by atoms with E-state index in [1.165, 1.54) is 20.1 Å². The SMILES string of the molecule is COc1cc(C(C)(C)C)c(O)cc1C(C)=O. The first kappa shape index (κ1) is 12.6. The van der Waals surface area contributed by atoms with E-state index in [0.29, 0.717) is 11.3 Å². The number of ether oxygens (including phenoxy) is 1. The molecular weight excluding hydrogens is 204 g/mol. The van der Waals surface area contributed by atoms with Gasteiger partial charge in [-0.15, -0.1) is 0 Å². The maximum absolute atomic E-state index is 11.3. The highest BCUT2D eigenvalue weighted by Crippen LogP contribution is 2.36. The molecule has 0 saturated heterocycles. The second kappa shape index (κ2) is 4.16. The molecule has 16 heavy (non-hydrogen) atoms. The van der Waals surface area contributed by atoms with Gasteiger partial charge in [-0.2, -0.15) is 0 Å². The first-order valence-corrected chi connectivity index (χ1v) is 5.19. The number of Topliss-reactive ketones (excluding diaryl/α,β-unsaturated/α-hetero) is 1. The second-order valence-electron chi connectivity index (χ2n) is 4.88. The number of phenolic OH excluding ortho intramolecular Hbond substituents is 1. The molecule has 0 aliphatic carbocycles. The quantitative estimate of drug-likeness (QED) is 0.782. The lowest BCUT2D eigenvalue weighted by molar-refractivity contribution is 0.101. The Kier molecular flexibility index (Phi) is 3.27. The molecule has 0 radical (unpaired) electrons. The van der Waals surface area contributed by atoms with Crippen LogP contribution in [0.2, 0.25) is 0 Å². The van der Waals surface area contributed by atoms with Crippen LogP contribution in [0, 0.1) is 0 Å². The van der Waals surface area contributed by atoms with Gasteiger partial charge >= 0.3 is 0 Å². The normalized spacial score (nSPS) is 11.3. The highest BCUT2D eigenvalue weighted by atomic mass is 16.5. The van der Waals surface area contributed by atoms with Crippen molar-refractivity contribution in [1.82, 2.24) is 0 Å². The number of rotatable bonds is 2. The summed E-state index contributed by atoms with van der Waals surface area (Å²) < 4.78 is 5.17. The standard InChI is InChI=1S/C13H18O3/c1-8(14)9-6-11(15)10(13(2,3)4)7-12(9)16-5/h6-7,15H,1-5H3. The van der Waals surface area contributed by atoms with Gasteiger partial charge in [0, 0.05) is 5.56 Å². The zero-order valence-electron chi connectivity index (χ0n) is 10.4. The molecule has 1 aromatic rings. The lowest BCUT2D eigenvalue weighted by Gasteiger charge is -2.22. The molecule has 0 atom stereocenters. The molecule has 1 rings (SSSR count). The van der Waals surface area contributed by atoms with Crippen LogP contribution in [0.15, 0.2) is 12.1 Å². The molecule has 0 fully saturated rings. The van der Waals surface area contributed by atoms with E-state index in [2.05, 4.69) is 0 Å². The monoisotopic (exact) mass is 222 g/mol. The summed E-state index contributed by atoms with van der Waals surface area (Å²) in [6.07, 6.45) is 0. The highest BCUT2D eigenvalue weighted by Gasteiger charge is 2.21. The summed E-state index contributed by atoms with van der Waals surface area (Å²) in [7, 11) is 1.52. The summed E-state index contributed by atoms with van der Waals surface area (Å²) >= 11 is 0. The van der Waals surface area contributed by atoms with Crippen molar-refractivity contribution in [3.05, 3.63) is 23.3 Å². The van der Waals surface area contributed by atoms with E-state index in [1.54, 1.807) is 6.07 Å². The van der Waals surface area contributed by atoms with E-state index in [-0.39, 0.29) is 16.9 Å². The van der Waals surface area contributed by atoms with Gasteiger partial charge in [0.25, 0.3) is 0 Å². The van der Waals surface area contributed by atoms with Crippen LogP contribution in [0.1, 0.15) is 43.6 Å². The molecule has 0 spiro atoms. The lowest BCUT2D eigenvalue weighted by Crippen LogP contribution is -2.12. The van der Waals surface area contributed by atoms with Crippen LogP contribution < -0.4 is 4.74 Å². The number of carbonyl (C=O) groups excluding carboxylic acids is 1. The van der Waals surface area contributed by atoms with E-state index in [1.807, 2.05) is 20.8 Å². The Hall–Kier alpha value is -1.51. The molecule has 0 unspecified atom stereocenters. The van der Waals surface area contributed by atoms with Crippen molar-refractivity contribution in [2.75, 3.05) is 7.11 Å². The number of hydrogen-bond donors (Lipinski definition) is 1. The third-order valence-electron chi connectivity index (χ3n) is 2.51. The van der Waals surface area contributed by atoms with E-state index in [4.69, 9.17) is 4.74 Å². The molecule has 0 bridgehead atoms. The summed E-state index contributed by atoms with van der Waals surface area (Å²) in [5.41, 5.74) is 0.995. The van der Waals surface area contributed by atoms with E-state index in [9.17, 15) is 9.90 Å². The molecular formula is C13H18O3. The minimum absolute atomic E-state index is 0.118.